The van der Waals surface area contributed by atoms with Gasteiger partial charge in [-0.2, -0.15) is 0 Å². The molecule has 0 unspecified atom stereocenters. The Bertz CT molecular complexity index is 1620. The zero-order valence-corrected chi connectivity index (χ0v) is 64.8. The van der Waals surface area contributed by atoms with Gasteiger partial charge in [-0.15, -0.1) is 0 Å². The third kappa shape index (κ3) is 72.4. The number of rotatable bonds is 80. The molecule has 0 radical (unpaired) electrons. The highest BCUT2D eigenvalue weighted by Gasteiger charge is 2.16. The Morgan fingerprint density at radius 3 is 0.500 bits per heavy atom. The zero-order chi connectivity index (χ0) is 69.8. The highest BCUT2D eigenvalue weighted by molar-refractivity contribution is 5.77. The fourth-order valence-electron chi connectivity index (χ4n) is 13.0. The molecule has 0 saturated carbocycles. The van der Waals surface area contributed by atoms with Crippen molar-refractivity contribution in [1.82, 2.24) is 46.6 Å². The van der Waals surface area contributed by atoms with Crippen LogP contribution < -0.4 is 31.9 Å². The van der Waals surface area contributed by atoms with Crippen LogP contribution in [-0.4, -0.2) is 149 Å². The largest absolute Gasteiger partial charge is 0.356 e. The highest BCUT2D eigenvalue weighted by atomic mass is 16.2. The summed E-state index contributed by atoms with van der Waals surface area (Å²) in [6.45, 7) is 22.2. The molecule has 0 aromatic carbocycles. The van der Waals surface area contributed by atoms with Gasteiger partial charge >= 0.3 is 0 Å². The van der Waals surface area contributed by atoms with Gasteiger partial charge < -0.3 is 46.6 Å². The molecule has 0 saturated heterocycles. The molecule has 14 nitrogen and oxygen atoms in total. The summed E-state index contributed by atoms with van der Waals surface area (Å²) in [7, 11) is 0. The Balaban J connectivity index is 5.84. The molecular formula is C82H165N9O5. The molecule has 14 heteroatoms. The topological polar surface area (TPSA) is 167 Å². The van der Waals surface area contributed by atoms with Gasteiger partial charge in [-0.1, -0.05) is 330 Å². The van der Waals surface area contributed by atoms with Gasteiger partial charge in [0.25, 0.3) is 0 Å². The highest BCUT2D eigenvalue weighted by Crippen LogP contribution is 2.16. The Morgan fingerprint density at radius 1 is 0.177 bits per heavy atom. The molecule has 6 N–H and O–H groups in total. The summed E-state index contributed by atoms with van der Waals surface area (Å²) in [6.07, 6.45) is 66.7. The van der Waals surface area contributed by atoms with Gasteiger partial charge in [0.1, 0.15) is 0 Å². The summed E-state index contributed by atoms with van der Waals surface area (Å²) >= 11 is 0. The third-order valence-electron chi connectivity index (χ3n) is 19.7. The van der Waals surface area contributed by atoms with E-state index in [0.29, 0.717) is 104 Å². The number of amides is 5. The SMILES string of the molecule is CCCCCCCCCCCCCNC(=O)CCN(CCC(=O)NCCCCCCCCCCCC)CCN(CCNCCN(CCC(=O)NCCCCCCCCCCCC)CCC(=O)NCCCCCCCCCCCC)CCC(=O)NCCCCCCCCCCCC. The molecule has 0 bridgehead atoms. The number of hydrogen-bond acceptors (Lipinski definition) is 9. The molecule has 0 aliphatic heterocycles. The van der Waals surface area contributed by atoms with Crippen LogP contribution in [0.5, 0.6) is 0 Å². The van der Waals surface area contributed by atoms with E-state index in [1.807, 2.05) is 0 Å². The summed E-state index contributed by atoms with van der Waals surface area (Å²) in [6, 6.07) is 0. The Labute approximate surface area is 596 Å². The fourth-order valence-corrected chi connectivity index (χ4v) is 13.0. The fraction of sp³-hybridized carbons (Fsp3) is 0.939. The second-order valence-corrected chi connectivity index (χ2v) is 29.0. The second-order valence-electron chi connectivity index (χ2n) is 29.0. The van der Waals surface area contributed by atoms with E-state index in [1.165, 1.54) is 263 Å². The van der Waals surface area contributed by atoms with Crippen LogP contribution in [0.25, 0.3) is 0 Å². The number of nitrogens with one attached hydrogen (secondary N) is 6. The van der Waals surface area contributed by atoms with Gasteiger partial charge in [-0.05, 0) is 32.1 Å². The van der Waals surface area contributed by atoms with E-state index < -0.39 is 0 Å². The quantitative estimate of drug-likeness (QED) is 0.0325. The van der Waals surface area contributed by atoms with Crippen LogP contribution in [0.1, 0.15) is 394 Å². The average molecular weight is 1360 g/mol. The minimum Gasteiger partial charge on any atom is -0.356 e. The Morgan fingerprint density at radius 2 is 0.323 bits per heavy atom. The molecule has 0 aliphatic carbocycles. The summed E-state index contributed by atoms with van der Waals surface area (Å²) in [5, 5.41) is 19.7. The molecule has 0 fully saturated rings. The maximum absolute atomic E-state index is 13.4. The van der Waals surface area contributed by atoms with Crippen molar-refractivity contribution in [2.75, 3.05) is 105 Å². The van der Waals surface area contributed by atoms with Crippen LogP contribution >= 0.6 is 0 Å². The third-order valence-corrected chi connectivity index (χ3v) is 19.7. The molecule has 5 amide bonds. The van der Waals surface area contributed by atoms with Crippen molar-refractivity contribution in [2.45, 2.75) is 394 Å². The van der Waals surface area contributed by atoms with E-state index in [1.54, 1.807) is 0 Å². The van der Waals surface area contributed by atoms with E-state index in [9.17, 15) is 24.0 Å². The first-order valence-electron chi connectivity index (χ1n) is 42.4. The minimum atomic E-state index is 0.0704. The number of unbranched alkanes of at least 4 members (excludes halogenated alkanes) is 46. The molecule has 0 atom stereocenters. The van der Waals surface area contributed by atoms with Crippen LogP contribution in [0.4, 0.5) is 0 Å². The summed E-state index contributed by atoms with van der Waals surface area (Å²) in [5.41, 5.74) is 0. The second kappa shape index (κ2) is 77.9. The molecular weight excluding hydrogens is 1190 g/mol. The van der Waals surface area contributed by atoms with E-state index >= 15 is 0 Å². The van der Waals surface area contributed by atoms with Crippen molar-refractivity contribution < 1.29 is 24.0 Å². The van der Waals surface area contributed by atoms with E-state index in [-0.39, 0.29) is 29.5 Å². The standard InChI is InChI=1S/C82H165N9O5/c1-6-11-16-21-26-31-36-41-46-51-55-65-87-81(95)60-72-90(71-59-80(94)86-64-54-49-44-39-34-29-24-19-14-9-4)76-77-91(73-61-82(96)88-66-56-50-45-40-35-30-25-20-15-10-5)75-68-83-67-74-89(69-57-78(92)84-62-52-47-42-37-32-27-22-17-12-7-2)70-58-79(93)85-63-53-48-43-38-33-28-23-18-13-8-3/h83H,6-77H2,1-5H3,(H,84,92)(H,85,93)(H,86,94)(H,87,95)(H,88,96). The maximum Gasteiger partial charge on any atom is 0.221 e. The molecule has 568 valence electrons. The van der Waals surface area contributed by atoms with Gasteiger partial charge in [0.15, 0.2) is 0 Å². The van der Waals surface area contributed by atoms with E-state index in [0.717, 1.165) is 96.9 Å². The van der Waals surface area contributed by atoms with E-state index in [2.05, 4.69) is 81.2 Å². The smallest absolute Gasteiger partial charge is 0.221 e. The lowest BCUT2D eigenvalue weighted by Crippen LogP contribution is -2.43. The molecule has 0 aromatic rings. The Kier molecular flexibility index (Phi) is 75.6. The average Bonchev–Trinajstić information content (AvgIpc) is 2.98. The van der Waals surface area contributed by atoms with Crippen molar-refractivity contribution >= 4 is 29.5 Å². The van der Waals surface area contributed by atoms with Gasteiger partial charge in [0.05, 0.1) is 0 Å². The maximum atomic E-state index is 13.4. The van der Waals surface area contributed by atoms with Crippen molar-refractivity contribution in [3.63, 3.8) is 0 Å². The Hall–Kier alpha value is -2.81. The molecule has 0 heterocycles. The molecule has 0 rings (SSSR count). The molecule has 0 spiro atoms. The summed E-state index contributed by atoms with van der Waals surface area (Å²) in [4.78, 5) is 73.4. The predicted octanol–water partition coefficient (Wildman–Crippen LogP) is 19.0. The monoisotopic (exact) mass is 1360 g/mol. The van der Waals surface area contributed by atoms with Crippen LogP contribution in [0.15, 0.2) is 0 Å². The van der Waals surface area contributed by atoms with Gasteiger partial charge in [0, 0.05) is 137 Å². The van der Waals surface area contributed by atoms with Crippen LogP contribution in [-0.2, 0) is 24.0 Å². The first-order chi connectivity index (χ1) is 47.2. The van der Waals surface area contributed by atoms with Crippen LogP contribution in [0.2, 0.25) is 0 Å². The van der Waals surface area contributed by atoms with Crippen molar-refractivity contribution in [2.24, 2.45) is 0 Å². The van der Waals surface area contributed by atoms with Crippen molar-refractivity contribution in [3.05, 3.63) is 0 Å². The summed E-state index contributed by atoms with van der Waals surface area (Å²) < 4.78 is 0. The van der Waals surface area contributed by atoms with Gasteiger partial charge in [0.2, 0.25) is 29.5 Å². The molecule has 0 aromatic heterocycles. The number of nitrogens with zero attached hydrogens (tertiary/aromatic N) is 3. The lowest BCUT2D eigenvalue weighted by Gasteiger charge is -2.28. The predicted molar refractivity (Wildman–Crippen MR) is 414 cm³/mol. The lowest BCUT2D eigenvalue weighted by molar-refractivity contribution is -0.123. The number of hydrogen-bond donors (Lipinski definition) is 6. The van der Waals surface area contributed by atoms with Gasteiger partial charge in [-0.25, -0.2) is 0 Å². The summed E-state index contributed by atoms with van der Waals surface area (Å²) in [5.74, 6) is 0.390. The normalized spacial score (nSPS) is 11.6. The number of carbonyl (C=O) groups excluding carboxylic acids is 5. The molecule has 96 heavy (non-hydrogen) atoms. The zero-order valence-electron chi connectivity index (χ0n) is 64.8. The lowest BCUT2D eigenvalue weighted by atomic mass is 10.1. The van der Waals surface area contributed by atoms with Crippen molar-refractivity contribution in [3.8, 4) is 0 Å². The minimum absolute atomic E-state index is 0.0704. The van der Waals surface area contributed by atoms with E-state index in [4.69, 9.17) is 0 Å². The first-order valence-corrected chi connectivity index (χ1v) is 42.4. The first kappa shape index (κ1) is 93.2. The van der Waals surface area contributed by atoms with Gasteiger partial charge in [-0.3, -0.25) is 24.0 Å². The number of carbonyl (C=O) groups is 5. The van der Waals surface area contributed by atoms with Crippen LogP contribution in [0.3, 0.4) is 0 Å². The molecule has 0 aliphatic rings. The van der Waals surface area contributed by atoms with Crippen molar-refractivity contribution in [1.29, 1.82) is 0 Å². The van der Waals surface area contributed by atoms with Crippen LogP contribution in [0, 0.1) is 0 Å².